The molecule has 0 aromatic carbocycles. The van der Waals surface area contributed by atoms with Crippen LogP contribution in [0.4, 0.5) is 0 Å². The van der Waals surface area contributed by atoms with Crippen LogP contribution in [0.5, 0.6) is 0 Å². The number of hydrogen-bond acceptors (Lipinski definition) is 2. The van der Waals surface area contributed by atoms with Crippen molar-refractivity contribution in [1.82, 2.24) is 0 Å². The third kappa shape index (κ3) is 4.92. The molecule has 26 valence electrons. The van der Waals surface area contributed by atoms with Crippen LogP contribution < -0.4 is 0 Å². The first-order chi connectivity index (χ1) is 2.27. The van der Waals surface area contributed by atoms with Gasteiger partial charge < -0.3 is 0 Å². The Hall–Kier alpha value is 0.920. The predicted molar refractivity (Wildman–Crippen MR) is 18.8 cm³/mol. The molecule has 3 heteroatoms. The van der Waals surface area contributed by atoms with E-state index in [-0.39, 0.29) is 0 Å². The van der Waals surface area contributed by atoms with Crippen LogP contribution in [0, 0.1) is 0 Å². The maximum atomic E-state index is 7.95. The van der Waals surface area contributed by atoms with Crippen LogP contribution in [0.3, 0.4) is 0 Å². The first kappa shape index (κ1) is 5.92. The van der Waals surface area contributed by atoms with Crippen molar-refractivity contribution in [3.8, 4) is 0 Å². The second kappa shape index (κ2) is 3.12. The first-order valence-electron chi connectivity index (χ1n) is 1.63. The van der Waals surface area contributed by atoms with Gasteiger partial charge in [-0.05, 0) is 0 Å². The minimum absolute atomic E-state index is 0.556. The molecule has 0 unspecified atom stereocenters. The Labute approximate surface area is 48.2 Å². The fourth-order valence-electron chi connectivity index (χ4n) is 0. The summed E-state index contributed by atoms with van der Waals surface area (Å²) in [6.45, 7) is 0. The summed E-state index contributed by atoms with van der Waals surface area (Å²) in [5.41, 5.74) is 0. The van der Waals surface area contributed by atoms with Gasteiger partial charge in [-0.3, -0.25) is 0 Å². The Balaban J connectivity index is 2.54. The topological polar surface area (TPSA) is 40.5 Å². The quantitative estimate of drug-likeness (QED) is 0.312. The van der Waals surface area contributed by atoms with E-state index in [1.807, 2.05) is 0 Å². The van der Waals surface area contributed by atoms with Crippen LogP contribution in [0.15, 0.2) is 0 Å². The number of aliphatic hydroxyl groups excluding tert-OH is 1. The fourth-order valence-corrected chi connectivity index (χ4v) is 0. The zero-order valence-corrected chi connectivity index (χ0v) is 5.18. The molecular formula is C2H5NaO2. The molecular weight excluding hydrogens is 79.0 g/mol. The molecule has 2 N–H and O–H groups in total. The van der Waals surface area contributed by atoms with Crippen LogP contribution in [0.1, 0.15) is 0 Å². The molecule has 0 bridgehead atoms. The van der Waals surface area contributed by atoms with Crippen LogP contribution in [-0.4, -0.2) is 44.4 Å². The average Bonchev–Trinajstić information content (AvgIpc) is 1.38. The Bertz CT molecular complexity index is 21.6. The van der Waals surface area contributed by atoms with Gasteiger partial charge in [-0.1, -0.05) is 0 Å². The number of rotatable bonds is 1. The molecule has 5 heavy (non-hydrogen) atoms. The van der Waals surface area contributed by atoms with Crippen molar-refractivity contribution in [2.75, 3.05) is 0 Å². The molecule has 0 heterocycles. The van der Waals surface area contributed by atoms with Crippen molar-refractivity contribution in [3.63, 3.8) is 0 Å². The molecule has 0 radical (unpaired) electrons. The van der Waals surface area contributed by atoms with Crippen molar-refractivity contribution in [2.24, 2.45) is 0 Å². The molecule has 0 rings (SSSR count). The molecule has 0 aromatic rings. The van der Waals surface area contributed by atoms with Crippen LogP contribution in [0.25, 0.3) is 0 Å². The molecule has 0 saturated carbocycles. The van der Waals surface area contributed by atoms with E-state index in [1.54, 1.807) is 0 Å². The summed E-state index contributed by atoms with van der Waals surface area (Å²) in [4.78, 5) is 0. The van der Waals surface area contributed by atoms with E-state index in [4.69, 9.17) is 10.2 Å². The van der Waals surface area contributed by atoms with Crippen molar-refractivity contribution < 1.29 is 10.2 Å². The summed E-state index contributed by atoms with van der Waals surface area (Å²) < 4.78 is 0.556. The van der Waals surface area contributed by atoms with Crippen molar-refractivity contribution in [3.05, 3.63) is 0 Å². The molecule has 0 aliphatic heterocycles. The van der Waals surface area contributed by atoms with Gasteiger partial charge in [0.1, 0.15) is 0 Å². The van der Waals surface area contributed by atoms with Crippen molar-refractivity contribution in [2.45, 2.75) is 9.96 Å². The van der Waals surface area contributed by atoms with E-state index < -0.39 is 6.29 Å². The average molecular weight is 84.0 g/mol. The van der Waals surface area contributed by atoms with E-state index >= 15 is 0 Å². The number of hydrogen-bond donors (Lipinski definition) is 2. The molecule has 0 amide bonds. The van der Waals surface area contributed by atoms with E-state index in [0.717, 1.165) is 27.9 Å². The van der Waals surface area contributed by atoms with Crippen molar-refractivity contribution in [1.29, 1.82) is 0 Å². The Morgan fingerprint density at radius 1 is 1.60 bits per heavy atom. The summed E-state index contributed by atoms with van der Waals surface area (Å²) in [6.07, 6.45) is -1.05. The van der Waals surface area contributed by atoms with Gasteiger partial charge in [0.15, 0.2) is 0 Å². The first-order valence-corrected chi connectivity index (χ1v) is 3.05. The second-order valence-electron chi connectivity index (χ2n) is 0.889. The molecule has 0 spiro atoms. The van der Waals surface area contributed by atoms with Gasteiger partial charge in [-0.25, -0.2) is 0 Å². The van der Waals surface area contributed by atoms with Gasteiger partial charge >= 0.3 is 48.1 Å². The van der Waals surface area contributed by atoms with E-state index in [2.05, 4.69) is 0 Å². The summed E-state index contributed by atoms with van der Waals surface area (Å²) in [5, 5.41) is 15.9. The Kier molecular flexibility index (Phi) is 3.70. The van der Waals surface area contributed by atoms with Crippen LogP contribution >= 0.6 is 0 Å². The van der Waals surface area contributed by atoms with Crippen LogP contribution in [-0.2, 0) is 0 Å². The molecule has 0 atom stereocenters. The molecule has 0 aliphatic rings. The molecule has 0 saturated heterocycles. The Morgan fingerprint density at radius 3 is 1.80 bits per heavy atom. The van der Waals surface area contributed by atoms with Gasteiger partial charge in [-0.15, -0.1) is 0 Å². The summed E-state index contributed by atoms with van der Waals surface area (Å²) >= 11 is 0.873. The summed E-state index contributed by atoms with van der Waals surface area (Å²) in [6, 6.07) is 0. The van der Waals surface area contributed by atoms with E-state index in [1.165, 1.54) is 0 Å². The summed E-state index contributed by atoms with van der Waals surface area (Å²) in [5.74, 6) is 0. The zero-order valence-electron chi connectivity index (χ0n) is 3.18. The minimum atomic E-state index is -1.05. The molecule has 0 fully saturated rings. The van der Waals surface area contributed by atoms with E-state index in [0.29, 0.717) is 3.67 Å². The molecule has 0 aromatic heterocycles. The SMILES string of the molecule is OC(O)[CH2][Na]. The van der Waals surface area contributed by atoms with Crippen LogP contribution in [0.2, 0.25) is 3.67 Å². The fraction of sp³-hybridized carbons (Fsp3) is 1.00. The molecule has 0 aliphatic carbocycles. The van der Waals surface area contributed by atoms with Crippen molar-refractivity contribution >= 4 is 27.9 Å². The second-order valence-corrected chi connectivity index (χ2v) is 1.71. The van der Waals surface area contributed by atoms with Gasteiger partial charge in [0.25, 0.3) is 0 Å². The van der Waals surface area contributed by atoms with Gasteiger partial charge in [0, 0.05) is 0 Å². The zero-order chi connectivity index (χ0) is 4.28. The number of aliphatic hydroxyl groups is 2. The van der Waals surface area contributed by atoms with Gasteiger partial charge in [-0.2, -0.15) is 0 Å². The maximum absolute atomic E-state index is 7.95. The third-order valence-electron chi connectivity index (χ3n) is 0.365. The van der Waals surface area contributed by atoms with Gasteiger partial charge in [0.2, 0.25) is 0 Å². The third-order valence-corrected chi connectivity index (χ3v) is 1.10. The summed E-state index contributed by atoms with van der Waals surface area (Å²) in [7, 11) is 0. The monoisotopic (exact) mass is 84.0 g/mol. The Morgan fingerprint density at radius 2 is 1.80 bits per heavy atom. The molecule has 2 nitrogen and oxygen atoms in total. The standard InChI is InChI=1S/C2H5O2.Na/c1-2(3)4;/h2-4H,1H2;. The normalized spacial score (nSPS) is 9.80. The van der Waals surface area contributed by atoms with E-state index in [9.17, 15) is 0 Å². The predicted octanol–water partition coefficient (Wildman–Crippen LogP) is -1.12. The van der Waals surface area contributed by atoms with Gasteiger partial charge in [0.05, 0.1) is 0 Å².